The number of urea groups is 1. The summed E-state index contributed by atoms with van der Waals surface area (Å²) >= 11 is 3.37. The Balaban J connectivity index is 2.52. The summed E-state index contributed by atoms with van der Waals surface area (Å²) in [7, 11) is 1.59. The number of methoxy groups -OCH3 is 1. The number of carbonyl (C=O) groups excluding carboxylic acids is 1. The number of rotatable bonds is 6. The van der Waals surface area contributed by atoms with Crippen molar-refractivity contribution in [3.8, 4) is 5.75 Å². The van der Waals surface area contributed by atoms with Crippen LogP contribution < -0.4 is 15.4 Å². The minimum atomic E-state index is -0.267. The van der Waals surface area contributed by atoms with E-state index in [0.717, 1.165) is 10.9 Å². The van der Waals surface area contributed by atoms with Crippen LogP contribution >= 0.6 is 15.9 Å². The Morgan fingerprint density at radius 1 is 1.53 bits per heavy atom. The Hall–Kier alpha value is -1.27. The van der Waals surface area contributed by atoms with Gasteiger partial charge < -0.3 is 20.5 Å². The molecule has 19 heavy (non-hydrogen) atoms. The Bertz CT molecular complexity index is 426. The average Bonchev–Trinajstić information content (AvgIpc) is 2.38. The first-order valence-corrected chi connectivity index (χ1v) is 6.88. The summed E-state index contributed by atoms with van der Waals surface area (Å²) in [4.78, 5) is 11.8. The summed E-state index contributed by atoms with van der Waals surface area (Å²) in [5.74, 6) is 0.717. The normalized spacial score (nSPS) is 11.8. The molecule has 106 valence electrons. The largest absolute Gasteiger partial charge is 0.497 e. The molecule has 2 amide bonds. The molecule has 0 aliphatic carbocycles. The van der Waals surface area contributed by atoms with Crippen LogP contribution in [0.4, 0.5) is 10.5 Å². The highest BCUT2D eigenvalue weighted by Gasteiger charge is 2.09. The van der Waals surface area contributed by atoms with E-state index in [1.165, 1.54) is 0 Å². The van der Waals surface area contributed by atoms with Crippen molar-refractivity contribution in [1.29, 1.82) is 0 Å². The molecular formula is C13H19BrN2O3. The fraction of sp³-hybridized carbons (Fsp3) is 0.462. The average molecular weight is 331 g/mol. The van der Waals surface area contributed by atoms with Gasteiger partial charge in [-0.15, -0.1) is 0 Å². The maximum Gasteiger partial charge on any atom is 0.319 e. The van der Waals surface area contributed by atoms with Gasteiger partial charge in [-0.25, -0.2) is 4.79 Å². The third-order valence-corrected chi connectivity index (χ3v) is 3.25. The quantitative estimate of drug-likeness (QED) is 0.751. The van der Waals surface area contributed by atoms with E-state index >= 15 is 0 Å². The van der Waals surface area contributed by atoms with Gasteiger partial charge in [0.2, 0.25) is 0 Å². The fourth-order valence-corrected chi connectivity index (χ4v) is 2.03. The maximum atomic E-state index is 11.8. The summed E-state index contributed by atoms with van der Waals surface area (Å²) in [6, 6.07) is 5.07. The molecule has 0 saturated carbocycles. The molecule has 0 fully saturated rings. The van der Waals surface area contributed by atoms with Crippen molar-refractivity contribution < 1.29 is 14.6 Å². The predicted molar refractivity (Wildman–Crippen MR) is 78.6 cm³/mol. The third-order valence-electron chi connectivity index (χ3n) is 2.60. The molecule has 0 aliphatic rings. The number of anilines is 1. The number of benzene rings is 1. The van der Waals surface area contributed by atoms with E-state index in [1.807, 2.05) is 6.92 Å². The maximum absolute atomic E-state index is 11.8. The van der Waals surface area contributed by atoms with Crippen LogP contribution in [0.5, 0.6) is 5.75 Å². The van der Waals surface area contributed by atoms with E-state index < -0.39 is 0 Å². The lowest BCUT2D eigenvalue weighted by Crippen LogP contribution is -2.36. The fourth-order valence-electron chi connectivity index (χ4n) is 1.58. The molecule has 0 aromatic heterocycles. The smallest absolute Gasteiger partial charge is 0.319 e. The van der Waals surface area contributed by atoms with Crippen LogP contribution in [0.25, 0.3) is 0 Å². The van der Waals surface area contributed by atoms with Crippen molar-refractivity contribution in [1.82, 2.24) is 5.32 Å². The molecule has 0 radical (unpaired) electrons. The van der Waals surface area contributed by atoms with Gasteiger partial charge in [0.05, 0.1) is 12.8 Å². The number of halogens is 1. The van der Waals surface area contributed by atoms with Crippen molar-refractivity contribution in [3.63, 3.8) is 0 Å². The van der Waals surface area contributed by atoms with Crippen LogP contribution in [-0.4, -0.2) is 30.9 Å². The summed E-state index contributed by atoms with van der Waals surface area (Å²) < 4.78 is 5.84. The molecule has 6 heteroatoms. The van der Waals surface area contributed by atoms with E-state index in [0.29, 0.717) is 17.9 Å². The van der Waals surface area contributed by atoms with E-state index in [2.05, 4.69) is 26.6 Å². The van der Waals surface area contributed by atoms with Gasteiger partial charge in [-0.05, 0) is 53.9 Å². The molecule has 5 nitrogen and oxygen atoms in total. The van der Waals surface area contributed by atoms with E-state index in [9.17, 15) is 4.79 Å². The van der Waals surface area contributed by atoms with Crippen LogP contribution in [-0.2, 0) is 0 Å². The Morgan fingerprint density at radius 3 is 2.84 bits per heavy atom. The standard InChI is InChI=1S/C13H19BrN2O3/c1-9(4-3-7-17)15-13(18)16-12-6-5-10(19-2)8-11(12)14/h5-6,8-9,17H,3-4,7H2,1-2H3,(H2,15,16,18). The van der Waals surface area contributed by atoms with E-state index in [1.54, 1.807) is 25.3 Å². The number of amides is 2. The van der Waals surface area contributed by atoms with Gasteiger partial charge in [0.1, 0.15) is 5.75 Å². The minimum Gasteiger partial charge on any atom is -0.497 e. The zero-order valence-corrected chi connectivity index (χ0v) is 12.7. The molecule has 0 spiro atoms. The highest BCUT2D eigenvalue weighted by Crippen LogP contribution is 2.26. The molecule has 1 atom stereocenters. The summed E-state index contributed by atoms with van der Waals surface area (Å²) in [5, 5.41) is 14.3. The van der Waals surface area contributed by atoms with Crippen molar-refractivity contribution in [2.75, 3.05) is 19.0 Å². The molecule has 1 unspecified atom stereocenters. The summed E-state index contributed by atoms with van der Waals surface area (Å²) in [6.07, 6.45) is 1.42. The highest BCUT2D eigenvalue weighted by atomic mass is 79.9. The molecule has 1 aromatic carbocycles. The number of carbonyl (C=O) groups is 1. The van der Waals surface area contributed by atoms with Crippen LogP contribution in [0.1, 0.15) is 19.8 Å². The van der Waals surface area contributed by atoms with Crippen molar-refractivity contribution >= 4 is 27.6 Å². The molecular weight excluding hydrogens is 312 g/mol. The molecule has 0 aliphatic heterocycles. The van der Waals surface area contributed by atoms with E-state index in [4.69, 9.17) is 9.84 Å². The minimum absolute atomic E-state index is 0.0178. The monoisotopic (exact) mass is 330 g/mol. The Kier molecular flexibility index (Phi) is 6.66. The lowest BCUT2D eigenvalue weighted by atomic mass is 10.2. The molecule has 0 saturated heterocycles. The van der Waals surface area contributed by atoms with Gasteiger partial charge >= 0.3 is 6.03 Å². The first-order chi connectivity index (χ1) is 9.06. The number of hydrogen-bond donors (Lipinski definition) is 3. The molecule has 0 heterocycles. The SMILES string of the molecule is COc1ccc(NC(=O)NC(C)CCCO)c(Br)c1. The second-order valence-electron chi connectivity index (χ2n) is 4.21. The summed E-state index contributed by atoms with van der Waals surface area (Å²) in [5.41, 5.74) is 0.674. The van der Waals surface area contributed by atoms with Gasteiger partial charge in [0, 0.05) is 17.1 Å². The second-order valence-corrected chi connectivity index (χ2v) is 5.07. The zero-order valence-electron chi connectivity index (χ0n) is 11.1. The van der Waals surface area contributed by atoms with Crippen LogP contribution in [0.15, 0.2) is 22.7 Å². The lowest BCUT2D eigenvalue weighted by molar-refractivity contribution is 0.245. The Morgan fingerprint density at radius 2 is 2.26 bits per heavy atom. The first kappa shape index (κ1) is 15.8. The van der Waals surface area contributed by atoms with Crippen LogP contribution in [0.3, 0.4) is 0 Å². The number of nitrogens with one attached hydrogen (secondary N) is 2. The molecule has 0 bridgehead atoms. The number of ether oxygens (including phenoxy) is 1. The number of aliphatic hydroxyl groups is 1. The van der Waals surface area contributed by atoms with Crippen molar-refractivity contribution in [2.24, 2.45) is 0 Å². The van der Waals surface area contributed by atoms with E-state index in [-0.39, 0.29) is 18.7 Å². The predicted octanol–water partition coefficient (Wildman–Crippen LogP) is 2.74. The highest BCUT2D eigenvalue weighted by molar-refractivity contribution is 9.10. The molecule has 1 rings (SSSR count). The zero-order chi connectivity index (χ0) is 14.3. The van der Waals surface area contributed by atoms with Crippen molar-refractivity contribution in [2.45, 2.75) is 25.8 Å². The van der Waals surface area contributed by atoms with Crippen LogP contribution in [0.2, 0.25) is 0 Å². The first-order valence-electron chi connectivity index (χ1n) is 6.08. The number of aliphatic hydroxyl groups excluding tert-OH is 1. The molecule has 1 aromatic rings. The van der Waals surface area contributed by atoms with Gasteiger partial charge in [0.15, 0.2) is 0 Å². The van der Waals surface area contributed by atoms with Crippen LogP contribution in [0, 0.1) is 0 Å². The topological polar surface area (TPSA) is 70.6 Å². The lowest BCUT2D eigenvalue weighted by Gasteiger charge is -2.15. The van der Waals surface area contributed by atoms with Gasteiger partial charge in [-0.1, -0.05) is 0 Å². The number of hydrogen-bond acceptors (Lipinski definition) is 3. The Labute approximate surface area is 121 Å². The third kappa shape index (κ3) is 5.48. The van der Waals surface area contributed by atoms with Gasteiger partial charge in [0.25, 0.3) is 0 Å². The second kappa shape index (κ2) is 8.01. The van der Waals surface area contributed by atoms with Gasteiger partial charge in [-0.3, -0.25) is 0 Å². The summed E-state index contributed by atoms with van der Waals surface area (Å²) in [6.45, 7) is 2.04. The molecule has 3 N–H and O–H groups in total. The van der Waals surface area contributed by atoms with Crippen molar-refractivity contribution in [3.05, 3.63) is 22.7 Å². The van der Waals surface area contributed by atoms with Gasteiger partial charge in [-0.2, -0.15) is 0 Å².